The van der Waals surface area contributed by atoms with Crippen molar-refractivity contribution in [3.05, 3.63) is 35.4 Å². The van der Waals surface area contributed by atoms with Crippen LogP contribution in [0.5, 0.6) is 0 Å². The molecular weight excluding hydrogens is 302 g/mol. The third-order valence-corrected chi connectivity index (χ3v) is 5.80. The number of ether oxygens (including phenoxy) is 2. The molecule has 0 aromatic heterocycles. The molecule has 130 valence electrons. The molecule has 1 aromatic rings. The molecule has 1 aromatic carbocycles. The topological polar surface area (TPSA) is 38.8 Å². The SMILES string of the molecule is O=C(c1ccc(CN2CCC3(CC2)OCCO3)cc1)C1CCCC1. The molecule has 24 heavy (non-hydrogen) atoms. The standard InChI is InChI=1S/C20H27NO3/c22-19(17-3-1-2-4-17)18-7-5-16(6-8-18)15-21-11-9-20(10-12-21)23-13-14-24-20/h5-8,17H,1-4,9-15H2. The van der Waals surface area contributed by atoms with Gasteiger partial charge in [-0.1, -0.05) is 37.1 Å². The van der Waals surface area contributed by atoms with Gasteiger partial charge in [-0.15, -0.1) is 0 Å². The number of hydrogen-bond donors (Lipinski definition) is 0. The molecule has 3 fully saturated rings. The van der Waals surface area contributed by atoms with Crippen molar-refractivity contribution < 1.29 is 14.3 Å². The zero-order valence-electron chi connectivity index (χ0n) is 14.3. The van der Waals surface area contributed by atoms with Gasteiger partial charge in [0.15, 0.2) is 11.6 Å². The second-order valence-electron chi connectivity index (χ2n) is 7.43. The number of carbonyl (C=O) groups excluding carboxylic acids is 1. The second-order valence-corrected chi connectivity index (χ2v) is 7.43. The van der Waals surface area contributed by atoms with E-state index in [1.54, 1.807) is 0 Å². The molecule has 1 saturated carbocycles. The summed E-state index contributed by atoms with van der Waals surface area (Å²) in [5.41, 5.74) is 2.16. The van der Waals surface area contributed by atoms with Crippen LogP contribution >= 0.6 is 0 Å². The van der Waals surface area contributed by atoms with Gasteiger partial charge in [0.05, 0.1) is 13.2 Å². The highest BCUT2D eigenvalue weighted by molar-refractivity contribution is 5.98. The average Bonchev–Trinajstić information content (AvgIpc) is 3.30. The summed E-state index contributed by atoms with van der Waals surface area (Å²) in [5, 5.41) is 0. The minimum absolute atomic E-state index is 0.264. The number of Topliss-reactive ketones (excluding diaryl/α,β-unsaturated/α-hetero) is 1. The zero-order valence-corrected chi connectivity index (χ0v) is 14.3. The fraction of sp³-hybridized carbons (Fsp3) is 0.650. The first-order valence-corrected chi connectivity index (χ1v) is 9.38. The molecule has 1 spiro atoms. The van der Waals surface area contributed by atoms with Gasteiger partial charge in [0, 0.05) is 44.0 Å². The van der Waals surface area contributed by atoms with Gasteiger partial charge in [0.25, 0.3) is 0 Å². The van der Waals surface area contributed by atoms with Crippen molar-refractivity contribution in [1.29, 1.82) is 0 Å². The predicted octanol–water partition coefficient (Wildman–Crippen LogP) is 3.40. The maximum absolute atomic E-state index is 12.5. The van der Waals surface area contributed by atoms with E-state index < -0.39 is 0 Å². The normalized spacial score (nSPS) is 24.7. The van der Waals surface area contributed by atoms with Gasteiger partial charge in [-0.2, -0.15) is 0 Å². The molecule has 4 heteroatoms. The van der Waals surface area contributed by atoms with Crippen molar-refractivity contribution in [1.82, 2.24) is 4.90 Å². The van der Waals surface area contributed by atoms with Gasteiger partial charge in [-0.3, -0.25) is 9.69 Å². The smallest absolute Gasteiger partial charge is 0.170 e. The Labute approximate surface area is 144 Å². The van der Waals surface area contributed by atoms with Gasteiger partial charge in [0.1, 0.15) is 0 Å². The molecule has 3 aliphatic rings. The Kier molecular flexibility index (Phi) is 4.70. The van der Waals surface area contributed by atoms with Gasteiger partial charge in [-0.25, -0.2) is 0 Å². The minimum atomic E-state index is -0.298. The molecule has 0 radical (unpaired) electrons. The van der Waals surface area contributed by atoms with Crippen LogP contribution in [0.15, 0.2) is 24.3 Å². The molecule has 0 amide bonds. The lowest BCUT2D eigenvalue weighted by molar-refractivity contribution is -0.185. The highest BCUT2D eigenvalue weighted by atomic mass is 16.7. The summed E-state index contributed by atoms with van der Waals surface area (Å²) in [5.74, 6) is 0.309. The lowest BCUT2D eigenvalue weighted by Gasteiger charge is -2.37. The highest BCUT2D eigenvalue weighted by Gasteiger charge is 2.39. The van der Waals surface area contributed by atoms with Crippen LogP contribution in [-0.2, 0) is 16.0 Å². The fourth-order valence-electron chi connectivity index (χ4n) is 4.29. The average molecular weight is 329 g/mol. The number of piperidine rings is 1. The maximum atomic E-state index is 12.5. The Hall–Kier alpha value is -1.23. The minimum Gasteiger partial charge on any atom is -0.347 e. The Morgan fingerprint density at radius 2 is 1.67 bits per heavy atom. The molecule has 0 bridgehead atoms. The van der Waals surface area contributed by atoms with Crippen molar-refractivity contribution in [3.63, 3.8) is 0 Å². The van der Waals surface area contributed by atoms with E-state index in [9.17, 15) is 4.79 Å². The number of ketones is 1. The number of likely N-dealkylation sites (tertiary alicyclic amines) is 1. The Balaban J connectivity index is 1.32. The summed E-state index contributed by atoms with van der Waals surface area (Å²) in [6, 6.07) is 8.28. The third kappa shape index (κ3) is 3.41. The van der Waals surface area contributed by atoms with Crippen LogP contribution in [0.25, 0.3) is 0 Å². The van der Waals surface area contributed by atoms with Crippen molar-refractivity contribution in [2.24, 2.45) is 5.92 Å². The quantitative estimate of drug-likeness (QED) is 0.794. The maximum Gasteiger partial charge on any atom is 0.170 e. The van der Waals surface area contributed by atoms with Crippen molar-refractivity contribution >= 4 is 5.78 Å². The molecule has 4 nitrogen and oxygen atoms in total. The lowest BCUT2D eigenvalue weighted by Crippen LogP contribution is -2.44. The van der Waals surface area contributed by atoms with E-state index in [0.717, 1.165) is 64.1 Å². The second kappa shape index (κ2) is 6.95. The molecular formula is C20H27NO3. The molecule has 2 heterocycles. The largest absolute Gasteiger partial charge is 0.347 e. The van der Waals surface area contributed by atoms with E-state index in [-0.39, 0.29) is 11.7 Å². The van der Waals surface area contributed by atoms with E-state index in [1.807, 2.05) is 12.1 Å². The Morgan fingerprint density at radius 1 is 1.04 bits per heavy atom. The number of nitrogens with zero attached hydrogens (tertiary/aromatic N) is 1. The zero-order chi connectivity index (χ0) is 16.4. The monoisotopic (exact) mass is 329 g/mol. The number of hydrogen-bond acceptors (Lipinski definition) is 4. The first-order valence-electron chi connectivity index (χ1n) is 9.38. The summed E-state index contributed by atoms with van der Waals surface area (Å²) in [7, 11) is 0. The van der Waals surface area contributed by atoms with Gasteiger partial charge < -0.3 is 9.47 Å². The number of carbonyl (C=O) groups is 1. The van der Waals surface area contributed by atoms with Gasteiger partial charge in [0.2, 0.25) is 0 Å². The van der Waals surface area contributed by atoms with Crippen LogP contribution in [0.3, 0.4) is 0 Å². The first-order chi connectivity index (χ1) is 11.7. The summed E-state index contributed by atoms with van der Waals surface area (Å²) in [4.78, 5) is 14.9. The fourth-order valence-corrected chi connectivity index (χ4v) is 4.29. The molecule has 0 N–H and O–H groups in total. The first kappa shape index (κ1) is 16.2. The van der Waals surface area contributed by atoms with E-state index in [2.05, 4.69) is 17.0 Å². The van der Waals surface area contributed by atoms with Crippen molar-refractivity contribution in [2.75, 3.05) is 26.3 Å². The molecule has 2 aliphatic heterocycles. The summed E-state index contributed by atoms with van der Waals surface area (Å²) < 4.78 is 11.6. The van der Waals surface area contributed by atoms with Crippen LogP contribution < -0.4 is 0 Å². The van der Waals surface area contributed by atoms with Crippen molar-refractivity contribution in [3.8, 4) is 0 Å². The predicted molar refractivity (Wildman–Crippen MR) is 91.9 cm³/mol. The summed E-state index contributed by atoms with van der Waals surface area (Å²) in [6.07, 6.45) is 6.45. The van der Waals surface area contributed by atoms with Crippen LogP contribution in [-0.4, -0.2) is 42.8 Å². The van der Waals surface area contributed by atoms with Crippen LogP contribution in [0.1, 0.15) is 54.4 Å². The van der Waals surface area contributed by atoms with Crippen LogP contribution in [0.2, 0.25) is 0 Å². The Morgan fingerprint density at radius 3 is 2.29 bits per heavy atom. The van der Waals surface area contributed by atoms with Gasteiger partial charge >= 0.3 is 0 Å². The van der Waals surface area contributed by atoms with Crippen LogP contribution in [0, 0.1) is 5.92 Å². The molecule has 0 atom stereocenters. The molecule has 2 saturated heterocycles. The Bertz CT molecular complexity index is 561. The summed E-state index contributed by atoms with van der Waals surface area (Å²) in [6.45, 7) is 4.41. The number of benzene rings is 1. The molecule has 0 unspecified atom stereocenters. The van der Waals surface area contributed by atoms with Gasteiger partial charge in [-0.05, 0) is 18.4 Å². The third-order valence-electron chi connectivity index (χ3n) is 5.80. The summed E-state index contributed by atoms with van der Waals surface area (Å²) >= 11 is 0. The highest BCUT2D eigenvalue weighted by Crippen LogP contribution is 2.32. The molecule has 1 aliphatic carbocycles. The van der Waals surface area contributed by atoms with E-state index >= 15 is 0 Å². The van der Waals surface area contributed by atoms with Crippen LogP contribution in [0.4, 0.5) is 0 Å². The number of rotatable bonds is 4. The lowest BCUT2D eigenvalue weighted by atomic mass is 9.95. The van der Waals surface area contributed by atoms with E-state index in [0.29, 0.717) is 5.78 Å². The van der Waals surface area contributed by atoms with E-state index in [4.69, 9.17) is 9.47 Å². The molecule has 4 rings (SSSR count). The van der Waals surface area contributed by atoms with E-state index in [1.165, 1.54) is 18.4 Å². The van der Waals surface area contributed by atoms with Crippen molar-refractivity contribution in [2.45, 2.75) is 50.9 Å².